The van der Waals surface area contributed by atoms with E-state index in [0.717, 1.165) is 28.0 Å². The molecule has 1 fully saturated rings. The molecule has 0 aliphatic carbocycles. The van der Waals surface area contributed by atoms with Crippen molar-refractivity contribution in [1.29, 1.82) is 0 Å². The van der Waals surface area contributed by atoms with E-state index in [9.17, 15) is 4.79 Å². The highest BCUT2D eigenvalue weighted by Crippen LogP contribution is 2.36. The van der Waals surface area contributed by atoms with E-state index in [1.807, 2.05) is 37.4 Å². The molecule has 0 bridgehead atoms. The summed E-state index contributed by atoms with van der Waals surface area (Å²) in [5.41, 5.74) is 3.60. The van der Waals surface area contributed by atoms with Crippen molar-refractivity contribution in [3.05, 3.63) is 65.7 Å². The smallest absolute Gasteiger partial charge is 0.493 e. The second-order valence-corrected chi connectivity index (χ2v) is 8.80. The predicted molar refractivity (Wildman–Crippen MR) is 120 cm³/mol. The van der Waals surface area contributed by atoms with Gasteiger partial charge in [0.25, 0.3) is 0 Å². The second kappa shape index (κ2) is 9.24. The average Bonchev–Trinajstić information content (AvgIpc) is 3.26. The zero-order chi connectivity index (χ0) is 22.6. The molecule has 6 nitrogen and oxygen atoms in total. The first-order valence-corrected chi connectivity index (χ1v) is 10.4. The van der Waals surface area contributed by atoms with E-state index in [1.54, 1.807) is 0 Å². The molecule has 7 heteroatoms. The Balaban J connectivity index is 0.000000391. The van der Waals surface area contributed by atoms with E-state index >= 15 is 0 Å². The first-order chi connectivity index (χ1) is 14.6. The Morgan fingerprint density at radius 3 is 2.19 bits per heavy atom. The van der Waals surface area contributed by atoms with Crippen LogP contribution in [-0.4, -0.2) is 35.7 Å². The molecule has 2 aliphatic heterocycles. The first-order valence-electron chi connectivity index (χ1n) is 10.4. The summed E-state index contributed by atoms with van der Waals surface area (Å²) in [6.45, 7) is 13.0. The first kappa shape index (κ1) is 23.0. The third-order valence-electron chi connectivity index (χ3n) is 5.68. The van der Waals surface area contributed by atoms with Crippen molar-refractivity contribution in [3.8, 4) is 5.75 Å². The molecular weight excluding hydrogens is 393 g/mol. The topological polar surface area (TPSA) is 66.9 Å². The minimum absolute atomic E-state index is 0.0509. The molecule has 2 aliphatic rings. The molecule has 0 atom stereocenters. The Labute approximate surface area is 184 Å². The van der Waals surface area contributed by atoms with Gasteiger partial charge in [-0.2, -0.15) is 0 Å². The quantitative estimate of drug-likeness (QED) is 0.700. The van der Waals surface area contributed by atoms with Crippen molar-refractivity contribution in [2.24, 2.45) is 0 Å². The number of rotatable bonds is 4. The van der Waals surface area contributed by atoms with Crippen molar-refractivity contribution in [2.75, 3.05) is 6.61 Å². The minimum Gasteiger partial charge on any atom is -0.493 e. The number of ether oxygens (including phenoxy) is 2. The molecule has 0 spiro atoms. The number of carbonyl (C=O) groups excluding carboxylic acids is 1. The predicted octanol–water partition coefficient (Wildman–Crippen LogP) is 3.68. The maximum Gasteiger partial charge on any atom is 0.494 e. The maximum atomic E-state index is 10.0. The van der Waals surface area contributed by atoms with Crippen LogP contribution in [0.2, 0.25) is 0 Å². The van der Waals surface area contributed by atoms with E-state index in [-0.39, 0.29) is 30.7 Å². The SMILES string of the molecule is Cc1cnc(COc2ccc(B3OC(C)(C)C(C)(C)O3)cc2)c(C)c1.O=C1C=COC1. The van der Waals surface area contributed by atoms with Gasteiger partial charge in [-0.1, -0.05) is 18.2 Å². The number of pyridine rings is 1. The van der Waals surface area contributed by atoms with Crippen molar-refractivity contribution in [1.82, 2.24) is 4.98 Å². The normalized spacial score (nSPS) is 18.4. The molecule has 3 heterocycles. The molecule has 0 radical (unpaired) electrons. The van der Waals surface area contributed by atoms with Crippen LogP contribution >= 0.6 is 0 Å². The van der Waals surface area contributed by atoms with Gasteiger partial charge < -0.3 is 18.8 Å². The Hall–Kier alpha value is -2.64. The van der Waals surface area contributed by atoms with Crippen molar-refractivity contribution >= 4 is 18.4 Å². The zero-order valence-corrected chi connectivity index (χ0v) is 19.1. The van der Waals surface area contributed by atoms with Crippen LogP contribution in [0.4, 0.5) is 0 Å². The average molecular weight is 423 g/mol. The molecule has 2 aromatic rings. The van der Waals surface area contributed by atoms with E-state index in [1.165, 1.54) is 12.3 Å². The van der Waals surface area contributed by atoms with Crippen molar-refractivity contribution in [3.63, 3.8) is 0 Å². The van der Waals surface area contributed by atoms with Crippen molar-refractivity contribution in [2.45, 2.75) is 59.4 Å². The summed E-state index contributed by atoms with van der Waals surface area (Å²) in [6, 6.07) is 10.0. The van der Waals surface area contributed by atoms with E-state index in [4.69, 9.17) is 14.0 Å². The number of benzene rings is 1. The number of hydrogen-bond donors (Lipinski definition) is 0. The lowest BCUT2D eigenvalue weighted by atomic mass is 9.79. The molecule has 0 unspecified atom stereocenters. The number of nitrogens with zero attached hydrogens (tertiary/aromatic N) is 1. The fourth-order valence-corrected chi connectivity index (χ4v) is 3.05. The molecule has 31 heavy (non-hydrogen) atoms. The number of aromatic nitrogens is 1. The maximum absolute atomic E-state index is 10.0. The van der Waals surface area contributed by atoms with Crippen LogP contribution in [0.25, 0.3) is 0 Å². The fraction of sp³-hybridized carbons (Fsp3) is 0.417. The summed E-state index contributed by atoms with van der Waals surface area (Å²) < 4.78 is 22.5. The van der Waals surface area contributed by atoms with Crippen LogP contribution in [0.15, 0.2) is 48.9 Å². The molecule has 0 N–H and O–H groups in total. The second-order valence-electron chi connectivity index (χ2n) is 8.80. The lowest BCUT2D eigenvalue weighted by Gasteiger charge is -2.32. The summed E-state index contributed by atoms with van der Waals surface area (Å²) in [5, 5.41) is 0. The summed E-state index contributed by atoms with van der Waals surface area (Å²) in [5.74, 6) is 0.858. The van der Waals surface area contributed by atoms with Gasteiger partial charge >= 0.3 is 7.12 Å². The van der Waals surface area contributed by atoms with Crippen LogP contribution in [-0.2, 0) is 25.4 Å². The van der Waals surface area contributed by atoms with Gasteiger partial charge in [-0.3, -0.25) is 9.78 Å². The number of hydrogen-bond acceptors (Lipinski definition) is 6. The molecule has 0 amide bonds. The molecular formula is C24H30BNO5. The largest absolute Gasteiger partial charge is 0.494 e. The van der Waals surface area contributed by atoms with Crippen LogP contribution in [0.1, 0.15) is 44.5 Å². The third kappa shape index (κ3) is 5.74. The Bertz CT molecular complexity index is 937. The molecule has 4 rings (SSSR count). The van der Waals surface area contributed by atoms with Crippen LogP contribution in [0.3, 0.4) is 0 Å². The van der Waals surface area contributed by atoms with Gasteiger partial charge in [0.15, 0.2) is 5.78 Å². The standard InChI is InChI=1S/C20H26BNO3.C4H4O2/c1-14-11-15(2)18(22-12-14)13-23-17-9-7-16(8-10-17)21-24-19(3,4)20(5,6)25-21;5-4-1-2-6-3-4/h7-12H,13H2,1-6H3;1-2H,3H2. The number of aryl methyl sites for hydroxylation is 2. The highest BCUT2D eigenvalue weighted by molar-refractivity contribution is 6.62. The highest BCUT2D eigenvalue weighted by atomic mass is 16.7. The lowest BCUT2D eigenvalue weighted by Crippen LogP contribution is -2.41. The van der Waals surface area contributed by atoms with Crippen LogP contribution in [0.5, 0.6) is 5.75 Å². The lowest BCUT2D eigenvalue weighted by molar-refractivity contribution is -0.115. The monoisotopic (exact) mass is 423 g/mol. The summed E-state index contributed by atoms with van der Waals surface area (Å²) in [7, 11) is -0.347. The van der Waals surface area contributed by atoms with E-state index in [0.29, 0.717) is 6.61 Å². The van der Waals surface area contributed by atoms with Gasteiger partial charge in [0.1, 0.15) is 19.0 Å². The fourth-order valence-electron chi connectivity index (χ4n) is 3.05. The van der Waals surface area contributed by atoms with Gasteiger partial charge in [0, 0.05) is 12.3 Å². The van der Waals surface area contributed by atoms with E-state index < -0.39 is 0 Å². The molecule has 1 aromatic heterocycles. The molecule has 0 saturated carbocycles. The third-order valence-corrected chi connectivity index (χ3v) is 5.68. The molecule has 1 aromatic carbocycles. The van der Waals surface area contributed by atoms with Crippen LogP contribution < -0.4 is 10.2 Å². The van der Waals surface area contributed by atoms with E-state index in [2.05, 4.69) is 50.4 Å². The van der Waals surface area contributed by atoms with Gasteiger partial charge in [-0.15, -0.1) is 0 Å². The Morgan fingerprint density at radius 1 is 1.06 bits per heavy atom. The number of carbonyl (C=O) groups is 1. The summed E-state index contributed by atoms with van der Waals surface area (Å²) in [4.78, 5) is 14.5. The Kier molecular flexibility index (Phi) is 6.87. The van der Waals surface area contributed by atoms with Gasteiger partial charge in [0.05, 0.1) is 23.2 Å². The molecule has 164 valence electrons. The summed E-state index contributed by atoms with van der Waals surface area (Å²) >= 11 is 0. The van der Waals surface area contributed by atoms with Gasteiger partial charge in [-0.05, 0) is 70.3 Å². The van der Waals surface area contributed by atoms with Gasteiger partial charge in [-0.25, -0.2) is 0 Å². The highest BCUT2D eigenvalue weighted by Gasteiger charge is 2.51. The minimum atomic E-state index is -0.347. The Morgan fingerprint density at radius 2 is 1.71 bits per heavy atom. The number of ketones is 1. The summed E-state index contributed by atoms with van der Waals surface area (Å²) in [6.07, 6.45) is 4.69. The molecule has 1 saturated heterocycles. The van der Waals surface area contributed by atoms with Gasteiger partial charge in [0.2, 0.25) is 0 Å². The van der Waals surface area contributed by atoms with Crippen LogP contribution in [0, 0.1) is 13.8 Å². The zero-order valence-electron chi connectivity index (χ0n) is 19.1. The van der Waals surface area contributed by atoms with Crippen molar-refractivity contribution < 1.29 is 23.6 Å².